The van der Waals surface area contributed by atoms with Crippen LogP contribution in [0.3, 0.4) is 0 Å². The Morgan fingerprint density at radius 1 is 0.846 bits per heavy atom. The minimum Gasteiger partial charge on any atom is -0.506 e. The highest BCUT2D eigenvalue weighted by Crippen LogP contribution is 2.35. The highest BCUT2D eigenvalue weighted by atomic mass is 79.9. The van der Waals surface area contributed by atoms with Crippen LogP contribution in [0.1, 0.15) is 16.7 Å². The van der Waals surface area contributed by atoms with Crippen molar-refractivity contribution in [2.75, 3.05) is 0 Å². The lowest BCUT2D eigenvalue weighted by Gasteiger charge is -2.07. The molecule has 1 N–H and O–H groups in total. The number of phenolic OH excluding ortho intramolecular Hbond substituents is 1. The van der Waals surface area contributed by atoms with Crippen molar-refractivity contribution < 1.29 is 5.11 Å². The van der Waals surface area contributed by atoms with Crippen molar-refractivity contribution in [3.63, 3.8) is 0 Å². The summed E-state index contributed by atoms with van der Waals surface area (Å²) >= 11 is 8.38. The molecule has 0 unspecified atom stereocenters. The molecule has 130 valence electrons. The van der Waals surface area contributed by atoms with E-state index in [4.69, 9.17) is 0 Å². The first-order valence-electron chi connectivity index (χ1n) is 7.91. The summed E-state index contributed by atoms with van der Waals surface area (Å²) in [5, 5.41) is 9.80. The van der Waals surface area contributed by atoms with Gasteiger partial charge in [-0.3, -0.25) is 0 Å². The smallest absolute Gasteiger partial charge is 0.143 e. The quantitative estimate of drug-likeness (QED) is 0.292. The molecule has 0 heterocycles. The maximum absolute atomic E-state index is 9.80. The normalized spacial score (nSPS) is 11.0. The first kappa shape index (κ1) is 19.0. The Morgan fingerprint density at radius 3 is 2.19 bits per heavy atom. The molecule has 0 radical (unpaired) electrons. The number of rotatable bonds is 5. The second-order valence-corrected chi connectivity index (χ2v) is 8.51. The number of thioether (sulfide) groups is 1. The van der Waals surface area contributed by atoms with Gasteiger partial charge in [0.15, 0.2) is 0 Å². The summed E-state index contributed by atoms with van der Waals surface area (Å²) in [6, 6.07) is 22.3. The number of phenols is 1. The first-order valence-corrected chi connectivity index (χ1v) is 10.3. The van der Waals surface area contributed by atoms with E-state index in [2.05, 4.69) is 74.8 Å². The number of benzene rings is 3. The van der Waals surface area contributed by atoms with Gasteiger partial charge in [-0.15, -0.1) is 0 Å². The fourth-order valence-electron chi connectivity index (χ4n) is 2.38. The molecule has 1 nitrogen and oxygen atoms in total. The molecule has 0 spiro atoms. The molecule has 0 aliphatic carbocycles. The van der Waals surface area contributed by atoms with E-state index in [0.29, 0.717) is 8.95 Å². The van der Waals surface area contributed by atoms with Gasteiger partial charge in [-0.05, 0) is 78.9 Å². The van der Waals surface area contributed by atoms with Crippen molar-refractivity contribution in [2.45, 2.75) is 4.90 Å². The van der Waals surface area contributed by atoms with Crippen LogP contribution in [0, 0.1) is 0 Å². The van der Waals surface area contributed by atoms with Crippen LogP contribution in [-0.2, 0) is 0 Å². The van der Waals surface area contributed by atoms with Crippen molar-refractivity contribution >= 4 is 60.7 Å². The van der Waals surface area contributed by atoms with Gasteiger partial charge in [-0.25, -0.2) is 0 Å². The van der Waals surface area contributed by atoms with Crippen molar-refractivity contribution in [2.24, 2.45) is 0 Å². The van der Waals surface area contributed by atoms with Crippen LogP contribution in [0.4, 0.5) is 0 Å². The highest BCUT2D eigenvalue weighted by Gasteiger charge is 2.05. The lowest BCUT2D eigenvalue weighted by molar-refractivity contribution is 0.468. The van der Waals surface area contributed by atoms with E-state index in [1.807, 2.05) is 42.5 Å². The molecule has 26 heavy (non-hydrogen) atoms. The van der Waals surface area contributed by atoms with Gasteiger partial charge in [0.25, 0.3) is 0 Å². The third-order valence-electron chi connectivity index (χ3n) is 3.70. The standard InChI is InChI=1S/C22H16Br2OS/c1-15(26-19-8-3-2-4-9-19)18-7-5-6-16(12-18)10-11-17-13-20(23)22(25)21(24)14-17/h2-14,25H,1H2/b11-10+. The zero-order valence-corrected chi connectivity index (χ0v) is 17.8. The van der Waals surface area contributed by atoms with Crippen LogP contribution in [-0.4, -0.2) is 5.11 Å². The fraction of sp³-hybridized carbons (Fsp3) is 0. The minimum atomic E-state index is 0.207. The van der Waals surface area contributed by atoms with Crippen molar-refractivity contribution in [3.05, 3.63) is 98.9 Å². The van der Waals surface area contributed by atoms with Gasteiger partial charge in [-0.1, -0.05) is 66.9 Å². The molecule has 0 aliphatic rings. The second-order valence-electron chi connectivity index (χ2n) is 5.63. The zero-order chi connectivity index (χ0) is 18.5. The Kier molecular flexibility index (Phi) is 6.41. The molecule has 0 aromatic heterocycles. The van der Waals surface area contributed by atoms with Crippen LogP contribution in [0.25, 0.3) is 17.1 Å². The molecule has 0 aliphatic heterocycles. The maximum Gasteiger partial charge on any atom is 0.143 e. The molecule has 3 aromatic rings. The van der Waals surface area contributed by atoms with Gasteiger partial charge >= 0.3 is 0 Å². The maximum atomic E-state index is 9.80. The average Bonchev–Trinajstić information content (AvgIpc) is 2.65. The van der Waals surface area contributed by atoms with Crippen LogP contribution in [0.15, 0.2) is 87.1 Å². The number of halogens is 2. The van der Waals surface area contributed by atoms with E-state index in [0.717, 1.165) is 21.6 Å². The van der Waals surface area contributed by atoms with Gasteiger partial charge in [0.1, 0.15) is 5.75 Å². The molecule has 4 heteroatoms. The minimum absolute atomic E-state index is 0.207. The van der Waals surface area contributed by atoms with E-state index in [-0.39, 0.29) is 5.75 Å². The van der Waals surface area contributed by atoms with E-state index in [1.54, 1.807) is 11.8 Å². The largest absolute Gasteiger partial charge is 0.506 e. The van der Waals surface area contributed by atoms with Crippen LogP contribution >= 0.6 is 43.6 Å². The Morgan fingerprint density at radius 2 is 1.50 bits per heavy atom. The Bertz CT molecular complexity index is 942. The Labute approximate surface area is 174 Å². The molecule has 3 aromatic carbocycles. The monoisotopic (exact) mass is 486 g/mol. The van der Waals surface area contributed by atoms with E-state index >= 15 is 0 Å². The summed E-state index contributed by atoms with van der Waals surface area (Å²) in [7, 11) is 0. The van der Waals surface area contributed by atoms with Gasteiger partial charge in [-0.2, -0.15) is 0 Å². The van der Waals surface area contributed by atoms with E-state index in [9.17, 15) is 5.11 Å². The highest BCUT2D eigenvalue weighted by molar-refractivity contribution is 9.11. The number of hydrogen-bond acceptors (Lipinski definition) is 2. The van der Waals surface area contributed by atoms with Crippen molar-refractivity contribution in [3.8, 4) is 5.75 Å². The van der Waals surface area contributed by atoms with E-state index in [1.165, 1.54) is 4.90 Å². The zero-order valence-electron chi connectivity index (χ0n) is 13.8. The van der Waals surface area contributed by atoms with Gasteiger partial charge in [0, 0.05) is 9.80 Å². The molecule has 0 saturated carbocycles. The number of aromatic hydroxyl groups is 1. The summed E-state index contributed by atoms with van der Waals surface area (Å²) in [4.78, 5) is 2.19. The first-order chi connectivity index (χ1) is 12.5. The Balaban J connectivity index is 1.78. The number of hydrogen-bond donors (Lipinski definition) is 1. The van der Waals surface area contributed by atoms with E-state index < -0.39 is 0 Å². The summed E-state index contributed by atoms with van der Waals surface area (Å²) in [6.07, 6.45) is 4.07. The molecular weight excluding hydrogens is 472 g/mol. The molecule has 0 bridgehead atoms. The SMILES string of the molecule is C=C(Sc1ccccc1)c1cccc(/C=C/c2cc(Br)c(O)c(Br)c2)c1. The van der Waals surface area contributed by atoms with Gasteiger partial charge in [0.05, 0.1) is 8.95 Å². The molecule has 0 saturated heterocycles. The molecule has 0 fully saturated rings. The average molecular weight is 488 g/mol. The molecule has 0 amide bonds. The summed E-state index contributed by atoms with van der Waals surface area (Å²) in [5.41, 5.74) is 3.19. The summed E-state index contributed by atoms with van der Waals surface area (Å²) in [6.45, 7) is 4.21. The van der Waals surface area contributed by atoms with Crippen LogP contribution < -0.4 is 0 Å². The summed E-state index contributed by atoms with van der Waals surface area (Å²) < 4.78 is 1.32. The Hall–Kier alpha value is -1.75. The summed E-state index contributed by atoms with van der Waals surface area (Å²) in [5.74, 6) is 0.207. The lowest BCUT2D eigenvalue weighted by atomic mass is 10.1. The fourth-order valence-corrected chi connectivity index (χ4v) is 4.42. The van der Waals surface area contributed by atoms with Crippen LogP contribution in [0.2, 0.25) is 0 Å². The van der Waals surface area contributed by atoms with Gasteiger partial charge < -0.3 is 5.11 Å². The van der Waals surface area contributed by atoms with Crippen LogP contribution in [0.5, 0.6) is 5.75 Å². The van der Waals surface area contributed by atoms with Gasteiger partial charge in [0.2, 0.25) is 0 Å². The topological polar surface area (TPSA) is 20.2 Å². The second kappa shape index (κ2) is 8.76. The molecular formula is C22H16Br2OS. The van der Waals surface area contributed by atoms with Crippen molar-refractivity contribution in [1.82, 2.24) is 0 Å². The predicted molar refractivity (Wildman–Crippen MR) is 120 cm³/mol. The molecule has 0 atom stereocenters. The predicted octanol–water partition coefficient (Wildman–Crippen LogP) is 7.85. The van der Waals surface area contributed by atoms with Crippen molar-refractivity contribution in [1.29, 1.82) is 0 Å². The third-order valence-corrected chi connectivity index (χ3v) is 5.90. The third kappa shape index (κ3) is 4.91. The molecule has 3 rings (SSSR count). The lowest BCUT2D eigenvalue weighted by Crippen LogP contribution is -1.81.